The molecule has 0 radical (unpaired) electrons. The van der Waals surface area contributed by atoms with Gasteiger partial charge in [-0.25, -0.2) is 0 Å². The monoisotopic (exact) mass is 271 g/mol. The molecule has 1 saturated carbocycles. The number of rotatable bonds is 8. The van der Waals surface area contributed by atoms with Gasteiger partial charge >= 0.3 is 0 Å². The molecule has 0 heterocycles. The summed E-state index contributed by atoms with van der Waals surface area (Å²) in [7, 11) is 0. The summed E-state index contributed by atoms with van der Waals surface area (Å²) in [5.74, 6) is 1.39. The molecule has 3 heteroatoms. The second kappa shape index (κ2) is 8.93. The molecule has 3 nitrogen and oxygen atoms in total. The minimum absolute atomic E-state index is 0.366. The number of hydrogen-bond acceptors (Lipinski definition) is 3. The molecule has 1 aliphatic carbocycles. The molecule has 4 atom stereocenters. The van der Waals surface area contributed by atoms with Crippen LogP contribution >= 0.6 is 0 Å². The average Bonchev–Trinajstić information content (AvgIpc) is 2.37. The second-order valence-corrected chi connectivity index (χ2v) is 6.55. The van der Waals surface area contributed by atoms with E-state index < -0.39 is 0 Å². The van der Waals surface area contributed by atoms with E-state index in [1.54, 1.807) is 0 Å². The van der Waals surface area contributed by atoms with Crippen LogP contribution in [0.3, 0.4) is 0 Å². The molecule has 0 bridgehead atoms. The quantitative estimate of drug-likeness (QED) is 0.713. The molecule has 114 valence electrons. The molecule has 0 amide bonds. The molecule has 0 aromatic carbocycles. The first-order valence-corrected chi connectivity index (χ1v) is 8.06. The highest BCUT2D eigenvalue weighted by Gasteiger charge is 2.20. The minimum Gasteiger partial charge on any atom is -0.389 e. The van der Waals surface area contributed by atoms with E-state index in [-0.39, 0.29) is 6.10 Å². The lowest BCUT2D eigenvalue weighted by Gasteiger charge is -2.28. The maximum atomic E-state index is 9.98. The van der Waals surface area contributed by atoms with Crippen LogP contribution in [0.15, 0.2) is 0 Å². The van der Waals surface area contributed by atoms with E-state index in [1.807, 2.05) is 0 Å². The Balaban J connectivity index is 2.15. The van der Waals surface area contributed by atoms with Crippen molar-refractivity contribution in [2.75, 3.05) is 13.2 Å². The Labute approximate surface area is 119 Å². The van der Waals surface area contributed by atoms with Gasteiger partial charge in [0, 0.05) is 12.6 Å². The third-order valence-corrected chi connectivity index (χ3v) is 4.27. The number of aliphatic hydroxyl groups excluding tert-OH is 1. The van der Waals surface area contributed by atoms with Crippen LogP contribution in [0, 0.1) is 11.8 Å². The summed E-state index contributed by atoms with van der Waals surface area (Å²) in [6.45, 7) is 10.0. The highest BCUT2D eigenvalue weighted by Crippen LogP contribution is 2.25. The van der Waals surface area contributed by atoms with Crippen LogP contribution < -0.4 is 5.32 Å². The van der Waals surface area contributed by atoms with Crippen molar-refractivity contribution < 1.29 is 9.84 Å². The first-order chi connectivity index (χ1) is 9.02. The Kier molecular flexibility index (Phi) is 7.96. The highest BCUT2D eigenvalue weighted by molar-refractivity contribution is 4.73. The molecular formula is C16H33NO2. The Bertz CT molecular complexity index is 233. The van der Waals surface area contributed by atoms with E-state index in [1.165, 1.54) is 12.8 Å². The zero-order valence-electron chi connectivity index (χ0n) is 13.2. The normalized spacial score (nSPS) is 27.5. The summed E-state index contributed by atoms with van der Waals surface area (Å²) in [5, 5.41) is 13.4. The first kappa shape index (κ1) is 16.9. The SMILES string of the molecule is CCC(NCC(O)COC1CCCC(C)C1)C(C)C. The molecular weight excluding hydrogens is 238 g/mol. The Hall–Kier alpha value is -0.120. The van der Waals surface area contributed by atoms with E-state index in [0.717, 1.165) is 25.2 Å². The van der Waals surface area contributed by atoms with Gasteiger partial charge < -0.3 is 15.2 Å². The highest BCUT2D eigenvalue weighted by atomic mass is 16.5. The smallest absolute Gasteiger partial charge is 0.0897 e. The van der Waals surface area contributed by atoms with Gasteiger partial charge in [-0.15, -0.1) is 0 Å². The van der Waals surface area contributed by atoms with Crippen LogP contribution in [0.5, 0.6) is 0 Å². The summed E-state index contributed by atoms with van der Waals surface area (Å²) >= 11 is 0. The summed E-state index contributed by atoms with van der Waals surface area (Å²) in [5.41, 5.74) is 0. The van der Waals surface area contributed by atoms with Crippen LogP contribution in [0.4, 0.5) is 0 Å². The fraction of sp³-hybridized carbons (Fsp3) is 1.00. The third kappa shape index (κ3) is 6.73. The lowest BCUT2D eigenvalue weighted by atomic mass is 9.89. The Morgan fingerprint density at radius 1 is 1.32 bits per heavy atom. The summed E-state index contributed by atoms with van der Waals surface area (Å²) < 4.78 is 5.85. The molecule has 0 saturated heterocycles. The zero-order chi connectivity index (χ0) is 14.3. The van der Waals surface area contributed by atoms with Gasteiger partial charge in [0.05, 0.1) is 18.8 Å². The lowest BCUT2D eigenvalue weighted by molar-refractivity contribution is -0.0314. The van der Waals surface area contributed by atoms with Crippen molar-refractivity contribution in [3.63, 3.8) is 0 Å². The van der Waals surface area contributed by atoms with Crippen molar-refractivity contribution in [3.8, 4) is 0 Å². The lowest BCUT2D eigenvalue weighted by Crippen LogP contribution is -2.40. The second-order valence-electron chi connectivity index (χ2n) is 6.55. The van der Waals surface area contributed by atoms with Gasteiger partial charge in [0.25, 0.3) is 0 Å². The molecule has 2 N–H and O–H groups in total. The maximum Gasteiger partial charge on any atom is 0.0897 e. The zero-order valence-corrected chi connectivity index (χ0v) is 13.2. The van der Waals surface area contributed by atoms with Gasteiger partial charge in [-0.05, 0) is 31.1 Å². The number of aliphatic hydroxyl groups is 1. The molecule has 0 aliphatic heterocycles. The van der Waals surface area contributed by atoms with Crippen LogP contribution in [0.1, 0.15) is 59.8 Å². The number of ether oxygens (including phenoxy) is 1. The molecule has 1 rings (SSSR count). The molecule has 19 heavy (non-hydrogen) atoms. The summed E-state index contributed by atoms with van der Waals surface area (Å²) in [4.78, 5) is 0. The largest absolute Gasteiger partial charge is 0.389 e. The average molecular weight is 271 g/mol. The molecule has 0 aromatic rings. The first-order valence-electron chi connectivity index (χ1n) is 8.06. The van der Waals surface area contributed by atoms with Gasteiger partial charge in [-0.1, -0.05) is 40.5 Å². The minimum atomic E-state index is -0.384. The molecule has 1 fully saturated rings. The standard InChI is InChI=1S/C16H33NO2/c1-5-16(12(2)3)17-10-14(18)11-19-15-8-6-7-13(4)9-15/h12-18H,5-11H2,1-4H3. The van der Waals surface area contributed by atoms with E-state index in [0.29, 0.717) is 31.2 Å². The van der Waals surface area contributed by atoms with Crippen molar-refractivity contribution in [1.29, 1.82) is 0 Å². The van der Waals surface area contributed by atoms with Gasteiger partial charge in [0.2, 0.25) is 0 Å². The van der Waals surface area contributed by atoms with Gasteiger partial charge in [0.15, 0.2) is 0 Å². The van der Waals surface area contributed by atoms with E-state index in [4.69, 9.17) is 4.74 Å². The number of nitrogens with one attached hydrogen (secondary N) is 1. The Morgan fingerprint density at radius 2 is 2.05 bits per heavy atom. The predicted molar refractivity (Wildman–Crippen MR) is 80.3 cm³/mol. The predicted octanol–water partition coefficient (Wildman–Crippen LogP) is 2.97. The molecule has 1 aliphatic rings. The van der Waals surface area contributed by atoms with Crippen LogP contribution in [0.2, 0.25) is 0 Å². The third-order valence-electron chi connectivity index (χ3n) is 4.27. The maximum absolute atomic E-state index is 9.98. The van der Waals surface area contributed by atoms with Crippen LogP contribution in [-0.4, -0.2) is 36.5 Å². The van der Waals surface area contributed by atoms with Crippen molar-refractivity contribution in [1.82, 2.24) is 5.32 Å². The fourth-order valence-corrected chi connectivity index (χ4v) is 2.97. The van der Waals surface area contributed by atoms with Crippen molar-refractivity contribution in [2.24, 2.45) is 11.8 Å². The van der Waals surface area contributed by atoms with Gasteiger partial charge in [0.1, 0.15) is 0 Å². The molecule has 0 aromatic heterocycles. The molecule has 4 unspecified atom stereocenters. The number of hydrogen-bond donors (Lipinski definition) is 2. The Morgan fingerprint density at radius 3 is 2.63 bits per heavy atom. The van der Waals surface area contributed by atoms with Crippen LogP contribution in [0.25, 0.3) is 0 Å². The van der Waals surface area contributed by atoms with E-state index in [9.17, 15) is 5.11 Å². The molecule has 0 spiro atoms. The fourth-order valence-electron chi connectivity index (χ4n) is 2.97. The van der Waals surface area contributed by atoms with Gasteiger partial charge in [-0.2, -0.15) is 0 Å². The topological polar surface area (TPSA) is 41.5 Å². The summed E-state index contributed by atoms with van der Waals surface area (Å²) in [6, 6.07) is 0.490. The van der Waals surface area contributed by atoms with Crippen molar-refractivity contribution >= 4 is 0 Å². The van der Waals surface area contributed by atoms with E-state index >= 15 is 0 Å². The van der Waals surface area contributed by atoms with Gasteiger partial charge in [-0.3, -0.25) is 0 Å². The van der Waals surface area contributed by atoms with E-state index in [2.05, 4.69) is 33.0 Å². The summed E-state index contributed by atoms with van der Waals surface area (Å²) in [6.07, 6.45) is 6.00. The van der Waals surface area contributed by atoms with Crippen molar-refractivity contribution in [2.45, 2.75) is 78.0 Å². The van der Waals surface area contributed by atoms with Crippen LogP contribution in [-0.2, 0) is 4.74 Å². The van der Waals surface area contributed by atoms with Crippen molar-refractivity contribution in [3.05, 3.63) is 0 Å².